The molecule has 0 radical (unpaired) electrons. The number of carboxylic acid groups (broad SMARTS) is 1. The summed E-state index contributed by atoms with van der Waals surface area (Å²) in [5, 5.41) is 18.4. The Morgan fingerprint density at radius 2 is 1.71 bits per heavy atom. The average Bonchev–Trinajstić information content (AvgIpc) is 2.45. The third-order valence-electron chi connectivity index (χ3n) is 3.37. The van der Waals surface area contributed by atoms with E-state index in [4.69, 9.17) is 9.84 Å². The zero-order valence-corrected chi connectivity index (χ0v) is 14.1. The van der Waals surface area contributed by atoms with E-state index in [1.165, 1.54) is 12.1 Å². The molecule has 2 aromatic carbocycles. The first-order valence-electron chi connectivity index (χ1n) is 7.19. The number of carboxylic acids is 1. The van der Waals surface area contributed by atoms with Crippen LogP contribution in [0.1, 0.15) is 21.5 Å². The van der Waals surface area contributed by atoms with Gasteiger partial charge in [0.15, 0.2) is 9.84 Å². The summed E-state index contributed by atoms with van der Waals surface area (Å²) >= 11 is 0. The van der Waals surface area contributed by atoms with Crippen LogP contribution in [-0.2, 0) is 9.84 Å². The molecule has 7 heteroatoms. The van der Waals surface area contributed by atoms with Gasteiger partial charge in [0.25, 0.3) is 0 Å². The van der Waals surface area contributed by atoms with Gasteiger partial charge in [0.1, 0.15) is 23.7 Å². The fraction of sp³-hybridized carbons (Fsp3) is 0.235. The minimum atomic E-state index is -3.49. The van der Waals surface area contributed by atoms with Crippen LogP contribution in [0.25, 0.3) is 0 Å². The predicted molar refractivity (Wildman–Crippen MR) is 88.5 cm³/mol. The molecule has 24 heavy (non-hydrogen) atoms. The van der Waals surface area contributed by atoms with Crippen molar-refractivity contribution >= 4 is 15.8 Å². The van der Waals surface area contributed by atoms with E-state index in [1.54, 1.807) is 12.1 Å². The lowest BCUT2D eigenvalue weighted by molar-refractivity contribution is 0.0693. The van der Waals surface area contributed by atoms with Gasteiger partial charge in [-0.3, -0.25) is 0 Å². The molecular formula is C17H18O6S. The number of sulfone groups is 1. The van der Waals surface area contributed by atoms with Crippen molar-refractivity contribution in [3.63, 3.8) is 0 Å². The smallest absolute Gasteiger partial charge is 0.339 e. The minimum absolute atomic E-state index is 0.110. The zero-order valence-electron chi connectivity index (χ0n) is 13.3. The third-order valence-corrected chi connectivity index (χ3v) is 5.03. The maximum Gasteiger partial charge on any atom is 0.339 e. The van der Waals surface area contributed by atoms with Crippen LogP contribution in [0.3, 0.4) is 0 Å². The molecule has 6 nitrogen and oxygen atoms in total. The number of ether oxygens (including phenoxy) is 1. The van der Waals surface area contributed by atoms with Gasteiger partial charge >= 0.3 is 5.97 Å². The molecule has 0 heterocycles. The van der Waals surface area contributed by atoms with E-state index in [0.717, 1.165) is 17.2 Å². The van der Waals surface area contributed by atoms with Gasteiger partial charge in [0.2, 0.25) is 0 Å². The molecule has 0 amide bonds. The van der Waals surface area contributed by atoms with E-state index in [-0.39, 0.29) is 28.6 Å². The molecule has 2 rings (SSSR count). The van der Waals surface area contributed by atoms with Crippen molar-refractivity contribution in [2.75, 3.05) is 12.4 Å². The molecule has 2 N–H and O–H groups in total. The van der Waals surface area contributed by atoms with E-state index in [0.29, 0.717) is 0 Å². The molecule has 0 atom stereocenters. The molecule has 0 aliphatic carbocycles. The van der Waals surface area contributed by atoms with Gasteiger partial charge in [-0.05, 0) is 49.2 Å². The van der Waals surface area contributed by atoms with E-state index < -0.39 is 21.6 Å². The minimum Gasteiger partial charge on any atom is -0.507 e. The summed E-state index contributed by atoms with van der Waals surface area (Å²) in [5.41, 5.74) is 1.48. The summed E-state index contributed by atoms with van der Waals surface area (Å²) < 4.78 is 30.0. The van der Waals surface area contributed by atoms with Crippen molar-refractivity contribution < 1.29 is 28.2 Å². The Kier molecular flexibility index (Phi) is 5.14. The maximum atomic E-state index is 12.3. The van der Waals surface area contributed by atoms with Crippen molar-refractivity contribution in [2.45, 2.75) is 18.7 Å². The highest BCUT2D eigenvalue weighted by Crippen LogP contribution is 2.24. The van der Waals surface area contributed by atoms with Crippen LogP contribution >= 0.6 is 0 Å². The summed E-state index contributed by atoms with van der Waals surface area (Å²) in [5.74, 6) is -1.71. The molecule has 2 aromatic rings. The molecule has 0 unspecified atom stereocenters. The summed E-state index contributed by atoms with van der Waals surface area (Å²) in [6, 6.07) is 8.82. The summed E-state index contributed by atoms with van der Waals surface area (Å²) in [6.07, 6.45) is 0. The van der Waals surface area contributed by atoms with Crippen LogP contribution < -0.4 is 4.74 Å². The highest BCUT2D eigenvalue weighted by Gasteiger charge is 2.16. The Bertz CT molecular complexity index is 850. The summed E-state index contributed by atoms with van der Waals surface area (Å²) in [4.78, 5) is 11.1. The van der Waals surface area contributed by atoms with Crippen LogP contribution in [0, 0.1) is 13.8 Å². The number of aromatic hydroxyl groups is 1. The Morgan fingerprint density at radius 3 is 2.25 bits per heavy atom. The number of carbonyl (C=O) groups is 1. The molecule has 0 fully saturated rings. The van der Waals surface area contributed by atoms with Crippen LogP contribution in [-0.4, -0.2) is 37.0 Å². The number of hydrogen-bond donors (Lipinski definition) is 2. The first kappa shape index (κ1) is 17.8. The van der Waals surface area contributed by atoms with Crippen LogP contribution in [0.5, 0.6) is 11.5 Å². The Hall–Kier alpha value is -2.54. The number of hydrogen-bond acceptors (Lipinski definition) is 5. The van der Waals surface area contributed by atoms with Gasteiger partial charge in [-0.25, -0.2) is 13.2 Å². The van der Waals surface area contributed by atoms with Crippen LogP contribution in [0.4, 0.5) is 0 Å². The summed E-state index contributed by atoms with van der Waals surface area (Å²) in [6.45, 7) is 3.55. The van der Waals surface area contributed by atoms with E-state index in [9.17, 15) is 18.3 Å². The first-order valence-corrected chi connectivity index (χ1v) is 8.84. The van der Waals surface area contributed by atoms with Gasteiger partial charge in [0, 0.05) is 6.07 Å². The fourth-order valence-electron chi connectivity index (χ4n) is 2.28. The van der Waals surface area contributed by atoms with Crippen molar-refractivity contribution in [1.29, 1.82) is 0 Å². The van der Waals surface area contributed by atoms with Gasteiger partial charge in [-0.15, -0.1) is 0 Å². The molecule has 0 aliphatic heterocycles. The molecule has 128 valence electrons. The second kappa shape index (κ2) is 6.92. The SMILES string of the molecule is Cc1cc(C)cc(S(=O)(=O)CCOc2ccc(C(=O)O)c(O)c2)c1. The van der Waals surface area contributed by atoms with Crippen LogP contribution in [0.2, 0.25) is 0 Å². The monoisotopic (exact) mass is 350 g/mol. The molecular weight excluding hydrogens is 332 g/mol. The maximum absolute atomic E-state index is 12.3. The summed E-state index contributed by atoms with van der Waals surface area (Å²) in [7, 11) is -3.49. The quantitative estimate of drug-likeness (QED) is 0.830. The molecule has 0 saturated heterocycles. The molecule has 0 spiro atoms. The topological polar surface area (TPSA) is 101 Å². The number of phenols is 1. The fourth-order valence-corrected chi connectivity index (χ4v) is 3.55. The lowest BCUT2D eigenvalue weighted by Gasteiger charge is -2.09. The first-order chi connectivity index (χ1) is 11.2. The Morgan fingerprint density at radius 1 is 1.08 bits per heavy atom. The molecule has 0 aliphatic rings. The highest BCUT2D eigenvalue weighted by atomic mass is 32.2. The average molecular weight is 350 g/mol. The number of rotatable bonds is 6. The lowest BCUT2D eigenvalue weighted by Crippen LogP contribution is -2.14. The highest BCUT2D eigenvalue weighted by molar-refractivity contribution is 7.91. The molecule has 0 bridgehead atoms. The van der Waals surface area contributed by atoms with Crippen molar-refractivity contribution in [1.82, 2.24) is 0 Å². The van der Waals surface area contributed by atoms with E-state index >= 15 is 0 Å². The lowest BCUT2D eigenvalue weighted by atomic mass is 10.2. The van der Waals surface area contributed by atoms with Crippen molar-refractivity contribution in [3.8, 4) is 11.5 Å². The number of aromatic carboxylic acids is 1. The normalized spacial score (nSPS) is 11.2. The van der Waals surface area contributed by atoms with Gasteiger partial charge < -0.3 is 14.9 Å². The van der Waals surface area contributed by atoms with Crippen molar-refractivity contribution in [2.24, 2.45) is 0 Å². The predicted octanol–water partition coefficient (Wildman–Crippen LogP) is 2.56. The largest absolute Gasteiger partial charge is 0.507 e. The standard InChI is InChI=1S/C17H18O6S/c1-11-7-12(2)9-14(8-11)24(21,22)6-5-23-13-3-4-15(17(19)20)16(18)10-13/h3-4,7-10,18H,5-6H2,1-2H3,(H,19,20). The zero-order chi connectivity index (χ0) is 17.9. The Labute approximate surface area is 140 Å². The van der Waals surface area contributed by atoms with Crippen molar-refractivity contribution in [3.05, 3.63) is 53.1 Å². The van der Waals surface area contributed by atoms with Gasteiger partial charge in [0.05, 0.1) is 10.6 Å². The molecule has 0 saturated carbocycles. The number of benzene rings is 2. The van der Waals surface area contributed by atoms with Crippen LogP contribution in [0.15, 0.2) is 41.3 Å². The van der Waals surface area contributed by atoms with E-state index in [1.807, 2.05) is 19.9 Å². The second-order valence-electron chi connectivity index (χ2n) is 5.47. The number of aryl methyl sites for hydroxylation is 2. The van der Waals surface area contributed by atoms with E-state index in [2.05, 4.69) is 0 Å². The molecule has 0 aromatic heterocycles. The van der Waals surface area contributed by atoms with Gasteiger partial charge in [-0.1, -0.05) is 6.07 Å². The Balaban J connectivity index is 2.05. The third kappa shape index (κ3) is 4.26. The van der Waals surface area contributed by atoms with Gasteiger partial charge in [-0.2, -0.15) is 0 Å². The second-order valence-corrected chi connectivity index (χ2v) is 7.58.